The van der Waals surface area contributed by atoms with Crippen molar-refractivity contribution in [1.29, 1.82) is 0 Å². The molecule has 1 fully saturated rings. The average Bonchev–Trinajstić information content (AvgIpc) is 2.72. The van der Waals surface area contributed by atoms with Gasteiger partial charge in [0.15, 0.2) is 8.32 Å². The summed E-state index contributed by atoms with van der Waals surface area (Å²) < 4.78 is 19.0. The molecule has 0 unspecified atom stereocenters. The molecule has 0 saturated carbocycles. The molecule has 2 rings (SSSR count). The van der Waals surface area contributed by atoms with Crippen LogP contribution in [0, 0.1) is 5.41 Å². The Bertz CT molecular complexity index is 550. The lowest BCUT2D eigenvalue weighted by Gasteiger charge is -2.48. The second kappa shape index (κ2) is 10.6. The van der Waals surface area contributed by atoms with E-state index < -0.39 is 8.32 Å². The van der Waals surface area contributed by atoms with Crippen molar-refractivity contribution in [3.8, 4) is 0 Å². The first-order chi connectivity index (χ1) is 13.0. The summed E-state index contributed by atoms with van der Waals surface area (Å²) in [4.78, 5) is 0. The smallest absolute Gasteiger partial charge is 0.192 e. The first-order valence-electron chi connectivity index (χ1n) is 10.6. The van der Waals surface area contributed by atoms with Gasteiger partial charge >= 0.3 is 0 Å². The fourth-order valence-corrected chi connectivity index (χ4v) is 7.09. The summed E-state index contributed by atoms with van der Waals surface area (Å²) in [6.45, 7) is 15.4. The van der Waals surface area contributed by atoms with Crippen LogP contribution in [0.1, 0.15) is 46.1 Å². The zero-order valence-corrected chi connectivity index (χ0v) is 18.7. The molecule has 4 heteroatoms. The fraction of sp³-hybridized carbons (Fsp3) is 0.652. The SMILES string of the molecule is C=C[C@@]1(C)[C@H](CCOCc2ccccc2)OCC[C@H]1O[Si](CC)(CC)CC. The molecule has 0 radical (unpaired) electrons. The number of ether oxygens (including phenoxy) is 2. The van der Waals surface area contributed by atoms with Crippen molar-refractivity contribution in [3.05, 3.63) is 48.6 Å². The van der Waals surface area contributed by atoms with E-state index in [1.54, 1.807) is 0 Å². The van der Waals surface area contributed by atoms with Crippen molar-refractivity contribution >= 4 is 8.32 Å². The minimum Gasteiger partial charge on any atom is -0.413 e. The van der Waals surface area contributed by atoms with Crippen LogP contribution in [0.5, 0.6) is 0 Å². The van der Waals surface area contributed by atoms with Crippen LogP contribution in [0.25, 0.3) is 0 Å². The molecule has 0 N–H and O–H groups in total. The standard InChI is InChI=1S/C23H38O3Si/c1-6-23(5)21(15-17-24-19-20-13-11-10-12-14-20)25-18-16-22(23)26-27(7-2,8-3)9-4/h6,10-14,21-22H,1,7-9,15-19H2,2-5H3/t21-,22+,23-/m0/s1. The Labute approximate surface area is 167 Å². The van der Waals surface area contributed by atoms with Crippen molar-refractivity contribution in [2.24, 2.45) is 5.41 Å². The fourth-order valence-electron chi connectivity index (χ4n) is 4.11. The van der Waals surface area contributed by atoms with Crippen molar-refractivity contribution in [2.45, 2.75) is 77.5 Å². The highest BCUT2D eigenvalue weighted by molar-refractivity contribution is 6.73. The zero-order chi connectivity index (χ0) is 19.8. The number of benzene rings is 1. The molecule has 1 aromatic carbocycles. The minimum atomic E-state index is -1.66. The number of rotatable bonds is 11. The zero-order valence-electron chi connectivity index (χ0n) is 17.7. The van der Waals surface area contributed by atoms with Crippen molar-refractivity contribution in [1.82, 2.24) is 0 Å². The van der Waals surface area contributed by atoms with Crippen LogP contribution in [0.2, 0.25) is 18.1 Å². The molecule has 0 spiro atoms. The van der Waals surface area contributed by atoms with Crippen molar-refractivity contribution < 1.29 is 13.9 Å². The maximum atomic E-state index is 6.89. The Hall–Kier alpha value is -0.943. The molecule has 27 heavy (non-hydrogen) atoms. The lowest BCUT2D eigenvalue weighted by atomic mass is 9.75. The molecule has 1 aliphatic heterocycles. The predicted octanol–water partition coefficient (Wildman–Crippen LogP) is 5.96. The number of hydrogen-bond acceptors (Lipinski definition) is 3. The molecule has 1 aromatic rings. The van der Waals surface area contributed by atoms with Gasteiger partial charge < -0.3 is 13.9 Å². The van der Waals surface area contributed by atoms with Gasteiger partial charge in [-0.2, -0.15) is 0 Å². The maximum Gasteiger partial charge on any atom is 0.192 e. The molecular weight excluding hydrogens is 352 g/mol. The lowest BCUT2D eigenvalue weighted by molar-refractivity contribution is -0.125. The Morgan fingerprint density at radius 1 is 1.19 bits per heavy atom. The van der Waals surface area contributed by atoms with E-state index in [0.29, 0.717) is 13.2 Å². The minimum absolute atomic E-state index is 0.0989. The van der Waals surface area contributed by atoms with E-state index in [2.05, 4.69) is 52.5 Å². The highest BCUT2D eigenvalue weighted by atomic mass is 28.4. The Kier molecular flexibility index (Phi) is 8.74. The lowest BCUT2D eigenvalue weighted by Crippen LogP contribution is -2.54. The van der Waals surface area contributed by atoms with E-state index in [0.717, 1.165) is 19.4 Å². The van der Waals surface area contributed by atoms with Gasteiger partial charge in [0.2, 0.25) is 0 Å². The van der Waals surface area contributed by atoms with Crippen LogP contribution in [0.15, 0.2) is 43.0 Å². The van der Waals surface area contributed by atoms with E-state index >= 15 is 0 Å². The molecule has 3 nitrogen and oxygen atoms in total. The first-order valence-corrected chi connectivity index (χ1v) is 13.1. The van der Waals surface area contributed by atoms with E-state index in [4.69, 9.17) is 13.9 Å². The van der Waals surface area contributed by atoms with Gasteiger partial charge in [-0.3, -0.25) is 0 Å². The summed E-state index contributed by atoms with van der Waals surface area (Å²) in [6, 6.07) is 13.8. The molecule has 1 aliphatic rings. The molecule has 0 bridgehead atoms. The third kappa shape index (κ3) is 5.54. The molecule has 0 amide bonds. The van der Waals surface area contributed by atoms with Crippen LogP contribution in [0.3, 0.4) is 0 Å². The first kappa shape index (κ1) is 22.3. The second-order valence-corrected chi connectivity index (χ2v) is 12.6. The Morgan fingerprint density at radius 2 is 1.85 bits per heavy atom. The largest absolute Gasteiger partial charge is 0.413 e. The van der Waals surface area contributed by atoms with Gasteiger partial charge in [-0.15, -0.1) is 6.58 Å². The predicted molar refractivity (Wildman–Crippen MR) is 115 cm³/mol. The molecule has 1 saturated heterocycles. The quantitative estimate of drug-likeness (QED) is 0.265. The summed E-state index contributed by atoms with van der Waals surface area (Å²) in [5.41, 5.74) is 1.05. The van der Waals surface area contributed by atoms with Crippen LogP contribution >= 0.6 is 0 Å². The topological polar surface area (TPSA) is 27.7 Å². The molecular formula is C23H38O3Si. The Morgan fingerprint density at radius 3 is 2.44 bits per heavy atom. The third-order valence-electron chi connectivity index (χ3n) is 6.49. The van der Waals surface area contributed by atoms with E-state index in [1.165, 1.54) is 23.7 Å². The second-order valence-electron chi connectivity index (χ2n) is 7.90. The number of hydrogen-bond donors (Lipinski definition) is 0. The third-order valence-corrected chi connectivity index (χ3v) is 11.1. The van der Waals surface area contributed by atoms with E-state index in [1.807, 2.05) is 18.2 Å². The summed E-state index contributed by atoms with van der Waals surface area (Å²) in [7, 11) is -1.66. The summed E-state index contributed by atoms with van der Waals surface area (Å²) in [5, 5.41) is 0. The highest BCUT2D eigenvalue weighted by Crippen LogP contribution is 2.41. The Balaban J connectivity index is 1.96. The molecule has 0 aromatic heterocycles. The van der Waals surface area contributed by atoms with Crippen LogP contribution in [0.4, 0.5) is 0 Å². The van der Waals surface area contributed by atoms with Crippen LogP contribution in [-0.2, 0) is 20.5 Å². The molecule has 152 valence electrons. The monoisotopic (exact) mass is 390 g/mol. The van der Waals surface area contributed by atoms with E-state index in [-0.39, 0.29) is 17.6 Å². The van der Waals surface area contributed by atoms with Gasteiger partial charge in [-0.1, -0.05) is 64.1 Å². The molecule has 3 atom stereocenters. The normalized spacial score (nSPS) is 26.1. The van der Waals surface area contributed by atoms with Crippen molar-refractivity contribution in [3.63, 3.8) is 0 Å². The van der Waals surface area contributed by atoms with Crippen LogP contribution < -0.4 is 0 Å². The van der Waals surface area contributed by atoms with Gasteiger partial charge in [0.05, 0.1) is 18.8 Å². The van der Waals surface area contributed by atoms with E-state index in [9.17, 15) is 0 Å². The van der Waals surface area contributed by atoms with Crippen molar-refractivity contribution in [2.75, 3.05) is 13.2 Å². The summed E-state index contributed by atoms with van der Waals surface area (Å²) >= 11 is 0. The van der Waals surface area contributed by atoms with Gasteiger partial charge in [0, 0.05) is 18.6 Å². The molecule has 0 aliphatic carbocycles. The molecule has 1 heterocycles. The van der Waals surface area contributed by atoms with Gasteiger partial charge in [-0.25, -0.2) is 0 Å². The van der Waals surface area contributed by atoms with Gasteiger partial charge in [0.1, 0.15) is 0 Å². The maximum absolute atomic E-state index is 6.89. The van der Waals surface area contributed by atoms with Gasteiger partial charge in [0.25, 0.3) is 0 Å². The summed E-state index contributed by atoms with van der Waals surface area (Å²) in [5.74, 6) is 0. The average molecular weight is 391 g/mol. The highest BCUT2D eigenvalue weighted by Gasteiger charge is 2.46. The summed E-state index contributed by atoms with van der Waals surface area (Å²) in [6.07, 6.45) is 4.20. The van der Waals surface area contributed by atoms with Crippen LogP contribution in [-0.4, -0.2) is 33.7 Å². The van der Waals surface area contributed by atoms with Gasteiger partial charge in [-0.05, 0) is 36.5 Å².